The zero-order chi connectivity index (χ0) is 20.0. The summed E-state index contributed by atoms with van der Waals surface area (Å²) >= 11 is 0. The zero-order valence-corrected chi connectivity index (χ0v) is 15.2. The van der Waals surface area contributed by atoms with Crippen LogP contribution in [0.1, 0.15) is 22.6 Å². The molecular weight excluding hydrogens is 369 g/mol. The van der Waals surface area contributed by atoms with Crippen LogP contribution in [0.25, 0.3) is 11.1 Å². The van der Waals surface area contributed by atoms with E-state index in [2.05, 4.69) is 10.3 Å². The van der Waals surface area contributed by atoms with Gasteiger partial charge in [-0.15, -0.1) is 0 Å². The minimum absolute atomic E-state index is 0.0523. The Balaban J connectivity index is 1.75. The van der Waals surface area contributed by atoms with E-state index < -0.39 is 0 Å². The first kappa shape index (κ1) is 17.3. The maximum atomic E-state index is 13.5. The molecule has 0 fully saturated rings. The second kappa shape index (κ2) is 6.67. The van der Waals surface area contributed by atoms with Crippen molar-refractivity contribution in [3.63, 3.8) is 0 Å². The Bertz CT molecular complexity index is 1170. The van der Waals surface area contributed by atoms with Gasteiger partial charge in [0.2, 0.25) is 0 Å². The number of hydrogen-bond acceptors (Lipinski definition) is 4. The quantitative estimate of drug-likeness (QED) is 0.494. The molecule has 0 saturated carbocycles. The highest BCUT2D eigenvalue weighted by molar-refractivity contribution is 6.22. The summed E-state index contributed by atoms with van der Waals surface area (Å²) in [5, 5.41) is 14.7. The number of nitro groups is 1. The van der Waals surface area contributed by atoms with Gasteiger partial charge in [-0.2, -0.15) is 0 Å². The Hall–Kier alpha value is -3.80. The van der Waals surface area contributed by atoms with Crippen molar-refractivity contribution in [1.82, 2.24) is 0 Å². The average Bonchev–Trinajstić information content (AvgIpc) is 3.12. The number of anilines is 1. The van der Waals surface area contributed by atoms with Crippen molar-refractivity contribution in [2.75, 3.05) is 5.32 Å². The van der Waals surface area contributed by atoms with Crippen LogP contribution >= 0.6 is 0 Å². The van der Waals surface area contributed by atoms with Gasteiger partial charge in [0.1, 0.15) is 12.0 Å². The topological polar surface area (TPSA) is 67.5 Å². The van der Waals surface area contributed by atoms with Crippen LogP contribution < -0.4 is 5.32 Å². The normalized spacial score (nSPS) is 19.5. The van der Waals surface area contributed by atoms with Crippen LogP contribution in [0.5, 0.6) is 0 Å². The number of hydrogen-bond donors (Lipinski definition) is 1. The molecule has 29 heavy (non-hydrogen) atoms. The molecule has 0 saturated heterocycles. The molecule has 2 aliphatic heterocycles. The highest BCUT2D eigenvalue weighted by atomic mass is 19.1. The fourth-order valence-electron chi connectivity index (χ4n) is 4.11. The Morgan fingerprint density at radius 2 is 1.72 bits per heavy atom. The molecule has 0 bridgehead atoms. The number of nitro benzene ring substituents is 1. The number of aliphatic imine (C=N–C) groups is 1. The number of halogens is 1. The summed E-state index contributed by atoms with van der Waals surface area (Å²) < 4.78 is 13.5. The maximum absolute atomic E-state index is 13.5. The summed E-state index contributed by atoms with van der Waals surface area (Å²) in [4.78, 5) is 15.6. The van der Waals surface area contributed by atoms with Gasteiger partial charge < -0.3 is 5.32 Å². The minimum Gasteiger partial charge on any atom is -0.363 e. The van der Waals surface area contributed by atoms with Crippen LogP contribution in [0.2, 0.25) is 0 Å². The Morgan fingerprint density at radius 1 is 0.966 bits per heavy atom. The van der Waals surface area contributed by atoms with Gasteiger partial charge in [-0.3, -0.25) is 15.1 Å². The predicted molar refractivity (Wildman–Crippen MR) is 111 cm³/mol. The predicted octanol–water partition coefficient (Wildman–Crippen LogP) is 5.26. The molecule has 0 radical (unpaired) electrons. The summed E-state index contributed by atoms with van der Waals surface area (Å²) in [6, 6.07) is 21.1. The lowest BCUT2D eigenvalue weighted by atomic mass is 9.80. The Labute approximate surface area is 166 Å². The molecular formula is C23H16FN3O2. The zero-order valence-electron chi connectivity index (χ0n) is 15.2. The molecule has 2 heterocycles. The first-order valence-corrected chi connectivity index (χ1v) is 9.25. The molecule has 0 spiro atoms. The largest absolute Gasteiger partial charge is 0.363 e. The minimum atomic E-state index is -0.382. The van der Waals surface area contributed by atoms with Crippen molar-refractivity contribution < 1.29 is 9.31 Å². The standard InChI is InChI=1S/C23H16FN3O2/c24-16-8-6-14(7-9-16)19-13-25-23-22(21(19)15-4-2-1-3-5-15)18-12-17(27(28)29)10-11-20(18)26-23/h1-13,22-23,26H. The fourth-order valence-corrected chi connectivity index (χ4v) is 4.11. The van der Waals surface area contributed by atoms with E-state index >= 15 is 0 Å². The molecule has 2 unspecified atom stereocenters. The van der Waals surface area contributed by atoms with Crippen LogP contribution in [0.3, 0.4) is 0 Å². The van der Waals surface area contributed by atoms with Gasteiger partial charge in [0.15, 0.2) is 0 Å². The third kappa shape index (κ3) is 2.89. The van der Waals surface area contributed by atoms with Crippen LogP contribution in [0.15, 0.2) is 77.8 Å². The van der Waals surface area contributed by atoms with Gasteiger partial charge in [-0.25, -0.2) is 4.39 Å². The average molecular weight is 385 g/mol. The molecule has 0 aromatic heterocycles. The third-order valence-electron chi connectivity index (χ3n) is 5.41. The Morgan fingerprint density at radius 3 is 2.45 bits per heavy atom. The number of dihydropyridines is 1. The van der Waals surface area contributed by atoms with E-state index in [4.69, 9.17) is 0 Å². The molecule has 3 aromatic rings. The van der Waals surface area contributed by atoms with Crippen molar-refractivity contribution in [3.8, 4) is 0 Å². The van der Waals surface area contributed by atoms with E-state index in [1.54, 1.807) is 24.3 Å². The van der Waals surface area contributed by atoms with Crippen LogP contribution in [0, 0.1) is 15.9 Å². The first-order valence-electron chi connectivity index (χ1n) is 9.25. The number of nitrogens with zero attached hydrogens (tertiary/aromatic N) is 2. The monoisotopic (exact) mass is 385 g/mol. The molecule has 0 amide bonds. The maximum Gasteiger partial charge on any atom is 0.269 e. The molecule has 0 aliphatic carbocycles. The highest BCUT2D eigenvalue weighted by Gasteiger charge is 2.39. The van der Waals surface area contributed by atoms with E-state index in [1.165, 1.54) is 18.2 Å². The van der Waals surface area contributed by atoms with Gasteiger partial charge >= 0.3 is 0 Å². The molecule has 5 rings (SSSR count). The second-order valence-corrected chi connectivity index (χ2v) is 7.07. The van der Waals surface area contributed by atoms with Gasteiger partial charge in [0.25, 0.3) is 5.69 Å². The van der Waals surface area contributed by atoms with E-state index in [9.17, 15) is 14.5 Å². The van der Waals surface area contributed by atoms with Crippen molar-refractivity contribution in [1.29, 1.82) is 0 Å². The van der Waals surface area contributed by atoms with E-state index in [-0.39, 0.29) is 28.5 Å². The fraction of sp³-hybridized carbons (Fsp3) is 0.0870. The summed E-state index contributed by atoms with van der Waals surface area (Å²) in [5.74, 6) is -0.484. The molecule has 142 valence electrons. The first-order chi connectivity index (χ1) is 14.1. The summed E-state index contributed by atoms with van der Waals surface area (Å²) in [6.45, 7) is 0. The number of allylic oxidation sites excluding steroid dienone is 1. The van der Waals surface area contributed by atoms with Gasteiger partial charge in [0.05, 0.1) is 10.8 Å². The molecule has 2 aliphatic rings. The van der Waals surface area contributed by atoms with Gasteiger partial charge in [-0.1, -0.05) is 42.5 Å². The van der Waals surface area contributed by atoms with E-state index in [1.807, 2.05) is 36.5 Å². The molecule has 6 heteroatoms. The lowest BCUT2D eigenvalue weighted by molar-refractivity contribution is -0.384. The number of benzene rings is 3. The van der Waals surface area contributed by atoms with Gasteiger partial charge in [0, 0.05) is 29.6 Å². The van der Waals surface area contributed by atoms with Crippen molar-refractivity contribution in [2.45, 2.75) is 12.1 Å². The SMILES string of the molecule is O=[N+]([O-])c1ccc2c(c1)C1C(c3ccccc3)=C(c3ccc(F)cc3)C=NC1N2. The summed E-state index contributed by atoms with van der Waals surface area (Å²) in [5.41, 5.74) is 5.51. The van der Waals surface area contributed by atoms with Crippen LogP contribution in [0.4, 0.5) is 15.8 Å². The van der Waals surface area contributed by atoms with Gasteiger partial charge in [-0.05, 0) is 40.5 Å². The molecule has 3 aromatic carbocycles. The number of nitrogens with one attached hydrogen (secondary N) is 1. The second-order valence-electron chi connectivity index (χ2n) is 7.07. The third-order valence-corrected chi connectivity index (χ3v) is 5.41. The number of fused-ring (bicyclic) bond motifs is 3. The summed E-state index contributed by atoms with van der Waals surface area (Å²) in [7, 11) is 0. The summed E-state index contributed by atoms with van der Waals surface area (Å²) in [6.07, 6.45) is 1.57. The smallest absolute Gasteiger partial charge is 0.269 e. The van der Waals surface area contributed by atoms with Crippen molar-refractivity contribution >= 4 is 28.7 Å². The molecule has 1 N–H and O–H groups in total. The van der Waals surface area contributed by atoms with Crippen molar-refractivity contribution in [3.05, 3.63) is 105 Å². The lowest BCUT2D eigenvalue weighted by Gasteiger charge is -2.27. The number of rotatable bonds is 3. The highest BCUT2D eigenvalue weighted by Crippen LogP contribution is 2.49. The number of non-ortho nitro benzene ring substituents is 1. The molecule has 2 atom stereocenters. The molecule has 5 nitrogen and oxygen atoms in total. The van der Waals surface area contributed by atoms with E-state index in [0.717, 1.165) is 33.5 Å². The van der Waals surface area contributed by atoms with E-state index in [0.29, 0.717) is 0 Å². The van der Waals surface area contributed by atoms with Crippen molar-refractivity contribution in [2.24, 2.45) is 4.99 Å². The Kier molecular flexibility index (Phi) is 3.98. The van der Waals surface area contributed by atoms with Crippen LogP contribution in [-0.4, -0.2) is 17.3 Å². The lowest BCUT2D eigenvalue weighted by Crippen LogP contribution is -2.23. The van der Waals surface area contributed by atoms with Crippen LogP contribution in [-0.2, 0) is 0 Å².